The molecule has 0 spiro atoms. The van der Waals surface area contributed by atoms with Crippen LogP contribution in [0.4, 0.5) is 0 Å². The van der Waals surface area contributed by atoms with Gasteiger partial charge in [-0.2, -0.15) is 0 Å². The van der Waals surface area contributed by atoms with Crippen molar-refractivity contribution in [1.29, 1.82) is 0 Å². The molecule has 0 aromatic heterocycles. The largest absolute Gasteiger partial charge is 0.756 e. The van der Waals surface area contributed by atoms with E-state index in [4.69, 9.17) is 13.8 Å². The first-order valence-corrected chi connectivity index (χ1v) is 29.1. The summed E-state index contributed by atoms with van der Waals surface area (Å²) in [6.45, 7) is 6.74. The normalized spacial score (nSPS) is 14.3. The first-order valence-electron chi connectivity index (χ1n) is 27.6. The van der Waals surface area contributed by atoms with E-state index in [1.807, 2.05) is 33.3 Å². The summed E-state index contributed by atoms with van der Waals surface area (Å²) in [5.41, 5.74) is 0. The number of phosphoric ester groups is 1. The summed E-state index contributed by atoms with van der Waals surface area (Å²) < 4.78 is 30.1. The molecule has 0 heterocycles. The van der Waals surface area contributed by atoms with Gasteiger partial charge >= 0.3 is 5.97 Å². The Kier molecular flexibility index (Phi) is 45.8. The number of hydrogen-bond acceptors (Lipinski definition) is 7. The third-order valence-electron chi connectivity index (χ3n) is 11.9. The molecule has 67 heavy (non-hydrogen) atoms. The number of unbranched alkanes of at least 4 members (excludes halogenated alkanes) is 25. The van der Waals surface area contributed by atoms with Crippen LogP contribution in [0.2, 0.25) is 0 Å². The highest BCUT2D eigenvalue weighted by Crippen LogP contribution is 2.38. The van der Waals surface area contributed by atoms with Gasteiger partial charge in [-0.05, 0) is 89.5 Å². The molecule has 0 aromatic carbocycles. The number of quaternary nitrogens is 1. The van der Waals surface area contributed by atoms with Crippen LogP contribution in [0.25, 0.3) is 0 Å². The van der Waals surface area contributed by atoms with Gasteiger partial charge in [-0.3, -0.25) is 14.2 Å². The summed E-state index contributed by atoms with van der Waals surface area (Å²) in [7, 11) is 1.16. The van der Waals surface area contributed by atoms with Crippen LogP contribution in [0, 0.1) is 0 Å². The molecule has 10 heteroatoms. The minimum absolute atomic E-state index is 0.0296. The van der Waals surface area contributed by atoms with Crippen LogP contribution in [0.3, 0.4) is 0 Å². The molecule has 0 rings (SSSR count). The summed E-state index contributed by atoms with van der Waals surface area (Å²) in [4.78, 5) is 39.7. The zero-order valence-corrected chi connectivity index (χ0v) is 45.2. The number of rotatable bonds is 49. The van der Waals surface area contributed by atoms with Gasteiger partial charge in [0.15, 0.2) is 0 Å². The van der Waals surface area contributed by atoms with Gasteiger partial charge in [0.1, 0.15) is 19.3 Å². The van der Waals surface area contributed by atoms with E-state index in [1.54, 1.807) is 0 Å². The van der Waals surface area contributed by atoms with Gasteiger partial charge in [-0.15, -0.1) is 0 Å². The number of amides is 1. The predicted molar refractivity (Wildman–Crippen MR) is 284 cm³/mol. The van der Waals surface area contributed by atoms with Gasteiger partial charge in [0.25, 0.3) is 7.82 Å². The van der Waals surface area contributed by atoms with Crippen molar-refractivity contribution in [3.63, 3.8) is 0 Å². The molecule has 0 aromatic rings. The zero-order chi connectivity index (χ0) is 49.4. The molecular weight excluding hydrogens is 856 g/mol. The van der Waals surface area contributed by atoms with Crippen molar-refractivity contribution in [3.8, 4) is 0 Å². The Hall–Kier alpha value is -2.29. The third-order valence-corrected chi connectivity index (χ3v) is 12.9. The van der Waals surface area contributed by atoms with E-state index >= 15 is 0 Å². The minimum Gasteiger partial charge on any atom is -0.756 e. The Morgan fingerprint density at radius 3 is 1.45 bits per heavy atom. The van der Waals surface area contributed by atoms with E-state index in [-0.39, 0.29) is 31.3 Å². The number of allylic oxidation sites excluding steroid dienone is 9. The molecule has 1 amide bonds. The molecule has 0 bridgehead atoms. The minimum atomic E-state index is -4.70. The number of hydrogen-bond donors (Lipinski definition) is 1. The second-order valence-electron chi connectivity index (χ2n) is 19.7. The molecule has 0 aliphatic heterocycles. The van der Waals surface area contributed by atoms with E-state index in [1.165, 1.54) is 96.3 Å². The van der Waals surface area contributed by atoms with E-state index in [0.29, 0.717) is 23.9 Å². The molecule has 9 nitrogen and oxygen atoms in total. The van der Waals surface area contributed by atoms with Gasteiger partial charge < -0.3 is 28.5 Å². The molecule has 0 aliphatic carbocycles. The number of nitrogens with zero attached hydrogens (tertiary/aromatic N) is 1. The van der Waals surface area contributed by atoms with Crippen LogP contribution in [-0.2, 0) is 27.9 Å². The first kappa shape index (κ1) is 64.7. The average Bonchev–Trinajstić information content (AvgIpc) is 3.28. The highest BCUT2D eigenvalue weighted by molar-refractivity contribution is 7.45. The van der Waals surface area contributed by atoms with Gasteiger partial charge in [0.2, 0.25) is 5.91 Å². The van der Waals surface area contributed by atoms with Crippen molar-refractivity contribution < 1.29 is 37.3 Å². The summed E-state index contributed by atoms with van der Waals surface area (Å²) in [5.74, 6) is -0.579. The molecule has 390 valence electrons. The van der Waals surface area contributed by atoms with Crippen LogP contribution in [0.15, 0.2) is 60.8 Å². The maximum atomic E-state index is 13.4. The lowest BCUT2D eigenvalue weighted by Crippen LogP contribution is -2.47. The molecule has 3 unspecified atom stereocenters. The van der Waals surface area contributed by atoms with Gasteiger partial charge in [0.05, 0.1) is 33.8 Å². The van der Waals surface area contributed by atoms with Gasteiger partial charge in [-0.1, -0.05) is 197 Å². The maximum absolute atomic E-state index is 13.4. The molecule has 3 atom stereocenters. The highest BCUT2D eigenvalue weighted by Gasteiger charge is 2.27. The SMILES string of the molecule is CCCC/C=C\CCCCCCCC(=O)OC(/C=C/CCCCCCCCCCCCC)C(COP(=O)([O-])OCC[N+](C)(C)C)NC(=O)CCCCCC/C=C\C/C=C\C/C=C\CCCCC. The number of nitrogens with one attached hydrogen (secondary N) is 1. The summed E-state index contributed by atoms with van der Waals surface area (Å²) in [6, 6.07) is -0.902. The molecule has 0 fully saturated rings. The lowest BCUT2D eigenvalue weighted by molar-refractivity contribution is -0.870. The van der Waals surface area contributed by atoms with Crippen molar-refractivity contribution in [3.05, 3.63) is 60.8 Å². The van der Waals surface area contributed by atoms with Crippen molar-refractivity contribution in [2.75, 3.05) is 40.9 Å². The van der Waals surface area contributed by atoms with E-state index in [0.717, 1.165) is 96.3 Å². The third kappa shape index (κ3) is 48.5. The average molecular weight is 961 g/mol. The second kappa shape index (κ2) is 47.4. The molecule has 1 N–H and O–H groups in total. The Labute approximate surface area is 413 Å². The van der Waals surface area contributed by atoms with E-state index < -0.39 is 26.6 Å². The number of carbonyl (C=O) groups excluding carboxylic acids is 2. The monoisotopic (exact) mass is 961 g/mol. The smallest absolute Gasteiger partial charge is 0.306 e. The van der Waals surface area contributed by atoms with Crippen LogP contribution < -0.4 is 10.2 Å². The predicted octanol–water partition coefficient (Wildman–Crippen LogP) is 15.7. The van der Waals surface area contributed by atoms with Crippen LogP contribution in [0.1, 0.15) is 239 Å². The van der Waals surface area contributed by atoms with E-state index in [9.17, 15) is 19.0 Å². The standard InChI is InChI=1S/C57H105N2O7P/c1-7-10-13-16-19-22-25-27-28-29-30-32-35-37-40-43-46-49-56(60)58-54(53-65-67(62,63)64-52-51-59(4,5)6)55(48-45-42-39-36-34-31-26-23-20-17-14-11-8-2)66-57(61)50-47-44-41-38-33-24-21-18-15-12-9-3/h18-19,21-22,27-28,30,32,45,48,54-55H,7-17,20,23-26,29,31,33-44,46-47,49-53H2,1-6H3,(H-,58,60,62,63)/b21-18-,22-19-,28-27-,32-30-,48-45+. The Balaban J connectivity index is 5.43. The number of likely N-dealkylation sites (N-methyl/N-ethyl adjacent to an activating group) is 1. The van der Waals surface area contributed by atoms with Crippen LogP contribution >= 0.6 is 7.82 Å². The van der Waals surface area contributed by atoms with Crippen molar-refractivity contribution in [1.82, 2.24) is 5.32 Å². The molecule has 0 aliphatic rings. The van der Waals surface area contributed by atoms with Crippen LogP contribution in [-0.4, -0.2) is 69.4 Å². The molecule has 0 radical (unpaired) electrons. The van der Waals surface area contributed by atoms with Crippen molar-refractivity contribution in [2.45, 2.75) is 251 Å². The number of carbonyl (C=O) groups is 2. The quantitative estimate of drug-likeness (QED) is 0.0212. The summed E-state index contributed by atoms with van der Waals surface area (Å²) >= 11 is 0. The molecule has 0 saturated carbocycles. The number of ether oxygens (including phenoxy) is 1. The van der Waals surface area contributed by atoms with Gasteiger partial charge in [0, 0.05) is 12.8 Å². The number of esters is 1. The Morgan fingerprint density at radius 1 is 0.522 bits per heavy atom. The van der Waals surface area contributed by atoms with E-state index in [2.05, 4.69) is 74.7 Å². The Bertz CT molecular complexity index is 1340. The molecule has 0 saturated heterocycles. The fraction of sp³-hybridized carbons (Fsp3) is 0.789. The Morgan fingerprint density at radius 2 is 0.925 bits per heavy atom. The fourth-order valence-electron chi connectivity index (χ4n) is 7.57. The van der Waals surface area contributed by atoms with Crippen molar-refractivity contribution in [2.24, 2.45) is 0 Å². The number of phosphoric acid groups is 1. The van der Waals surface area contributed by atoms with Crippen molar-refractivity contribution >= 4 is 19.7 Å². The highest BCUT2D eigenvalue weighted by atomic mass is 31.2. The lowest BCUT2D eigenvalue weighted by atomic mass is 10.0. The first-order chi connectivity index (χ1) is 32.4. The zero-order valence-electron chi connectivity index (χ0n) is 44.3. The summed E-state index contributed by atoms with van der Waals surface area (Å²) in [5, 5.41) is 3.00. The van der Waals surface area contributed by atoms with Crippen LogP contribution in [0.5, 0.6) is 0 Å². The fourth-order valence-corrected chi connectivity index (χ4v) is 8.29. The van der Waals surface area contributed by atoms with Gasteiger partial charge in [-0.25, -0.2) is 0 Å². The summed E-state index contributed by atoms with van der Waals surface area (Å²) in [6.07, 6.45) is 57.5. The molecular formula is C57H105N2O7P. The lowest BCUT2D eigenvalue weighted by Gasteiger charge is -2.30. The topological polar surface area (TPSA) is 114 Å². The maximum Gasteiger partial charge on any atom is 0.306 e. The second-order valence-corrected chi connectivity index (χ2v) is 21.1.